The molecule has 1 heterocycles. The van der Waals surface area contributed by atoms with Crippen LogP contribution in [0.2, 0.25) is 0 Å². The summed E-state index contributed by atoms with van der Waals surface area (Å²) in [7, 11) is -7.77. The first-order valence-corrected chi connectivity index (χ1v) is 11.8. The van der Waals surface area contributed by atoms with Crippen LogP contribution in [0.3, 0.4) is 0 Å². The Bertz CT molecular complexity index is 1130. The first-order valence-electron chi connectivity index (χ1n) is 8.40. The van der Waals surface area contributed by atoms with Crippen molar-refractivity contribution in [2.75, 3.05) is 12.9 Å². The molecule has 11 heteroatoms. The summed E-state index contributed by atoms with van der Waals surface area (Å²) in [5.74, 6) is -1.38. The number of rotatable bonds is 5. The summed E-state index contributed by atoms with van der Waals surface area (Å²) < 4.78 is 55.3. The number of amides is 2. The fourth-order valence-corrected chi connectivity index (χ4v) is 4.44. The number of hydrogen-bond donors (Lipinski definition) is 2. The van der Waals surface area contributed by atoms with Gasteiger partial charge in [0.25, 0.3) is 15.9 Å². The van der Waals surface area contributed by atoms with E-state index in [2.05, 4.69) is 5.32 Å². The molecule has 154 valence electrons. The zero-order chi connectivity index (χ0) is 21.2. The van der Waals surface area contributed by atoms with E-state index in [0.717, 1.165) is 30.5 Å². The molecule has 0 aromatic heterocycles. The normalized spacial score (nSPS) is 20.0. The molecule has 1 saturated heterocycles. The summed E-state index contributed by atoms with van der Waals surface area (Å²) in [4.78, 5) is 24.0. The van der Waals surface area contributed by atoms with Crippen molar-refractivity contribution in [3.8, 4) is 0 Å². The Hall–Kier alpha value is -2.76. The van der Waals surface area contributed by atoms with Crippen LogP contribution in [0.5, 0.6) is 0 Å². The second kappa shape index (κ2) is 7.93. The summed E-state index contributed by atoms with van der Waals surface area (Å²) in [6, 6.07) is 12.1. The van der Waals surface area contributed by atoms with E-state index < -0.39 is 43.8 Å². The van der Waals surface area contributed by atoms with E-state index >= 15 is 0 Å². The first kappa shape index (κ1) is 21.0. The molecular weight excluding hydrogens is 420 g/mol. The number of nitrogens with one attached hydrogen (secondary N) is 2. The summed E-state index contributed by atoms with van der Waals surface area (Å²) >= 11 is 0. The Kier molecular flexibility index (Phi) is 5.73. The highest BCUT2D eigenvalue weighted by atomic mass is 32.2. The molecule has 0 saturated carbocycles. The van der Waals surface area contributed by atoms with Crippen molar-refractivity contribution in [1.82, 2.24) is 10.0 Å². The lowest BCUT2D eigenvalue weighted by Crippen LogP contribution is -2.53. The second-order valence-electron chi connectivity index (χ2n) is 6.40. The van der Waals surface area contributed by atoms with Gasteiger partial charge in [0, 0.05) is 6.26 Å². The average molecular weight is 438 g/mol. The van der Waals surface area contributed by atoms with Crippen LogP contribution in [0.25, 0.3) is 0 Å². The predicted molar refractivity (Wildman–Crippen MR) is 102 cm³/mol. The summed E-state index contributed by atoms with van der Waals surface area (Å²) in [5.41, 5.74) is 0.579. The highest BCUT2D eigenvalue weighted by Crippen LogP contribution is 2.23. The van der Waals surface area contributed by atoms with Gasteiger partial charge >= 0.3 is 0 Å². The van der Waals surface area contributed by atoms with E-state index in [1.165, 1.54) is 0 Å². The van der Waals surface area contributed by atoms with Crippen LogP contribution in [-0.2, 0) is 34.2 Å². The van der Waals surface area contributed by atoms with Crippen molar-refractivity contribution in [2.45, 2.75) is 21.9 Å². The van der Waals surface area contributed by atoms with E-state index in [1.54, 1.807) is 30.3 Å². The zero-order valence-electron chi connectivity index (χ0n) is 15.2. The third-order valence-corrected chi connectivity index (χ3v) is 6.72. The molecule has 2 atom stereocenters. The van der Waals surface area contributed by atoms with Gasteiger partial charge in [0.05, 0.1) is 15.8 Å². The molecule has 0 unspecified atom stereocenters. The molecule has 0 radical (unpaired) electrons. The predicted octanol–water partition coefficient (Wildman–Crippen LogP) is 0.151. The van der Waals surface area contributed by atoms with Crippen LogP contribution in [0.4, 0.5) is 0 Å². The Labute approximate surface area is 168 Å². The average Bonchev–Trinajstić information content (AvgIpc) is 2.67. The van der Waals surface area contributed by atoms with Crippen molar-refractivity contribution >= 4 is 31.7 Å². The lowest BCUT2D eigenvalue weighted by molar-refractivity contribution is -0.146. The first-order chi connectivity index (χ1) is 13.6. The fourth-order valence-electron chi connectivity index (χ4n) is 2.81. The highest BCUT2D eigenvalue weighted by Gasteiger charge is 2.37. The number of hydrogen-bond acceptors (Lipinski definition) is 7. The van der Waals surface area contributed by atoms with Crippen LogP contribution < -0.4 is 10.0 Å². The van der Waals surface area contributed by atoms with Gasteiger partial charge in [-0.3, -0.25) is 9.59 Å². The molecule has 2 N–H and O–H groups in total. The van der Waals surface area contributed by atoms with Crippen molar-refractivity contribution in [3.63, 3.8) is 0 Å². The Morgan fingerprint density at radius 3 is 2.17 bits per heavy atom. The van der Waals surface area contributed by atoms with Gasteiger partial charge in [-0.25, -0.2) is 21.6 Å². The molecule has 29 heavy (non-hydrogen) atoms. The molecule has 0 bridgehead atoms. The molecule has 2 amide bonds. The van der Waals surface area contributed by atoms with E-state index in [-0.39, 0.29) is 16.4 Å². The third-order valence-electron chi connectivity index (χ3n) is 4.23. The van der Waals surface area contributed by atoms with E-state index in [4.69, 9.17) is 4.74 Å². The maximum Gasteiger partial charge on any atom is 0.265 e. The maximum atomic E-state index is 12.6. The van der Waals surface area contributed by atoms with Crippen molar-refractivity contribution in [2.24, 2.45) is 0 Å². The molecule has 1 fully saturated rings. The molecule has 0 spiro atoms. The number of morpholine rings is 1. The minimum Gasteiger partial charge on any atom is -0.356 e. The van der Waals surface area contributed by atoms with Gasteiger partial charge in [0.1, 0.15) is 6.61 Å². The van der Waals surface area contributed by atoms with Gasteiger partial charge in [-0.15, -0.1) is 0 Å². The van der Waals surface area contributed by atoms with Gasteiger partial charge < -0.3 is 10.1 Å². The molecule has 1 aliphatic heterocycles. The van der Waals surface area contributed by atoms with Crippen molar-refractivity contribution in [1.29, 1.82) is 0 Å². The number of benzene rings is 2. The topological polar surface area (TPSA) is 136 Å². The molecule has 2 aromatic carbocycles. The largest absolute Gasteiger partial charge is 0.356 e. The van der Waals surface area contributed by atoms with Crippen molar-refractivity contribution < 1.29 is 31.2 Å². The van der Waals surface area contributed by atoms with E-state index in [1.807, 2.05) is 4.72 Å². The Morgan fingerprint density at radius 1 is 1.00 bits per heavy atom. The molecular formula is C18H18N2O7S2. The van der Waals surface area contributed by atoms with Crippen LogP contribution >= 0.6 is 0 Å². The van der Waals surface area contributed by atoms with Crippen LogP contribution in [0, 0.1) is 0 Å². The lowest BCUT2D eigenvalue weighted by atomic mass is 9.99. The number of carbonyl (C=O) groups excluding carboxylic acids is 2. The van der Waals surface area contributed by atoms with Crippen LogP contribution in [-0.4, -0.2) is 47.6 Å². The number of ether oxygens (including phenoxy) is 1. The van der Waals surface area contributed by atoms with Gasteiger partial charge in [-0.2, -0.15) is 0 Å². The van der Waals surface area contributed by atoms with Crippen LogP contribution in [0.15, 0.2) is 64.4 Å². The smallest absolute Gasteiger partial charge is 0.265 e. The zero-order valence-corrected chi connectivity index (χ0v) is 16.9. The molecule has 2 aromatic rings. The van der Waals surface area contributed by atoms with Gasteiger partial charge in [-0.1, -0.05) is 30.3 Å². The Morgan fingerprint density at radius 2 is 1.59 bits per heavy atom. The SMILES string of the molecule is CS(=O)(=O)c1ccc(S(=O)(=O)NC(=O)[C@@H]2OCC(=O)N[C@@H]2c2ccccc2)cc1. The maximum absolute atomic E-state index is 12.6. The van der Waals surface area contributed by atoms with Gasteiger partial charge in [-0.05, 0) is 29.8 Å². The van der Waals surface area contributed by atoms with Gasteiger partial charge in [0.2, 0.25) is 5.91 Å². The number of carbonyl (C=O) groups is 2. The molecule has 0 aliphatic carbocycles. The van der Waals surface area contributed by atoms with E-state index in [9.17, 15) is 26.4 Å². The second-order valence-corrected chi connectivity index (χ2v) is 10.1. The monoisotopic (exact) mass is 438 g/mol. The van der Waals surface area contributed by atoms with E-state index in [0.29, 0.717) is 5.56 Å². The minimum atomic E-state index is -4.28. The molecule has 3 rings (SSSR count). The molecule has 1 aliphatic rings. The third kappa shape index (κ3) is 4.81. The number of sulfone groups is 1. The fraction of sp³-hybridized carbons (Fsp3) is 0.222. The summed E-state index contributed by atoms with van der Waals surface area (Å²) in [5, 5.41) is 2.63. The van der Waals surface area contributed by atoms with Gasteiger partial charge in [0.15, 0.2) is 15.9 Å². The number of sulfonamides is 1. The quantitative estimate of drug-likeness (QED) is 0.678. The summed E-state index contributed by atoms with van der Waals surface area (Å²) in [6.45, 7) is -0.384. The minimum absolute atomic E-state index is 0.0507. The Balaban J connectivity index is 1.82. The summed E-state index contributed by atoms with van der Waals surface area (Å²) in [6.07, 6.45) is -0.267. The molecule has 9 nitrogen and oxygen atoms in total. The standard InChI is InChI=1S/C18H18N2O7S2/c1-28(23,24)13-7-9-14(10-8-13)29(25,26)20-18(22)17-16(19-15(21)11-27-17)12-5-3-2-4-6-12/h2-10,16-17H,11H2,1H3,(H,19,21)(H,20,22)/t16-,17-/m1/s1. The van der Waals surface area contributed by atoms with Crippen molar-refractivity contribution in [3.05, 3.63) is 60.2 Å². The highest BCUT2D eigenvalue weighted by molar-refractivity contribution is 7.91. The lowest BCUT2D eigenvalue weighted by Gasteiger charge is -2.31. The van der Waals surface area contributed by atoms with Crippen LogP contribution in [0.1, 0.15) is 11.6 Å².